The zero-order valence-electron chi connectivity index (χ0n) is 7.72. The summed E-state index contributed by atoms with van der Waals surface area (Å²) in [5.41, 5.74) is 1.25. The van der Waals surface area contributed by atoms with Crippen molar-refractivity contribution in [2.75, 3.05) is 6.67 Å². The zero-order valence-corrected chi connectivity index (χ0v) is 7.72. The van der Waals surface area contributed by atoms with Gasteiger partial charge >= 0.3 is 0 Å². The van der Waals surface area contributed by atoms with Gasteiger partial charge in [-0.05, 0) is 18.2 Å². The van der Waals surface area contributed by atoms with Gasteiger partial charge in [0.25, 0.3) is 0 Å². The number of fused-ring (bicyclic) bond motifs is 2. The minimum Gasteiger partial charge on any atom is -0.327 e. The Morgan fingerprint density at radius 1 is 1.14 bits per heavy atom. The highest BCUT2D eigenvalue weighted by atomic mass is 15.2. The summed E-state index contributed by atoms with van der Waals surface area (Å²) in [5, 5.41) is 2.32. The number of rotatable bonds is 0. The Morgan fingerprint density at radius 2 is 2.07 bits per heavy atom. The molecule has 0 spiro atoms. The Kier molecular flexibility index (Phi) is 1.53. The number of hydrogen-bond acceptors (Lipinski definition) is 2. The Morgan fingerprint density at radius 3 is 3.07 bits per heavy atom. The second-order valence-electron chi connectivity index (χ2n) is 3.37. The van der Waals surface area contributed by atoms with Crippen molar-refractivity contribution in [3.8, 4) is 0 Å². The summed E-state index contributed by atoms with van der Waals surface area (Å²) >= 11 is 0. The van der Waals surface area contributed by atoms with Gasteiger partial charge in [-0.1, -0.05) is 24.3 Å². The highest BCUT2D eigenvalue weighted by Crippen LogP contribution is 2.12. The van der Waals surface area contributed by atoms with Crippen LogP contribution >= 0.6 is 0 Å². The van der Waals surface area contributed by atoms with Crippen LogP contribution in [0.2, 0.25) is 0 Å². The van der Waals surface area contributed by atoms with E-state index in [0.29, 0.717) is 0 Å². The number of hydrogen-bond donors (Lipinski definition) is 0. The molecule has 1 aromatic carbocycles. The average molecular weight is 182 g/mol. The molecule has 0 amide bonds. The largest absolute Gasteiger partial charge is 0.327 e. The molecular weight excluding hydrogens is 172 g/mol. The summed E-state index contributed by atoms with van der Waals surface area (Å²) in [4.78, 5) is 6.65. The van der Waals surface area contributed by atoms with Crippen molar-refractivity contribution < 1.29 is 0 Å². The highest BCUT2D eigenvalue weighted by molar-refractivity contribution is 5.59. The SMILES string of the molecule is C1=CC2=c3ccccc3=NCN2C=C1. The van der Waals surface area contributed by atoms with Crippen LogP contribution in [0.4, 0.5) is 0 Å². The first kappa shape index (κ1) is 7.56. The van der Waals surface area contributed by atoms with Crippen LogP contribution in [0, 0.1) is 0 Å². The quantitative estimate of drug-likeness (QED) is 0.578. The summed E-state index contributed by atoms with van der Waals surface area (Å²) in [5.74, 6) is 0. The van der Waals surface area contributed by atoms with Crippen LogP contribution in [0.3, 0.4) is 0 Å². The van der Waals surface area contributed by atoms with Crippen LogP contribution in [0.25, 0.3) is 5.70 Å². The molecule has 2 heterocycles. The van der Waals surface area contributed by atoms with E-state index in [4.69, 9.17) is 0 Å². The van der Waals surface area contributed by atoms with Crippen molar-refractivity contribution in [3.05, 3.63) is 59.3 Å². The molecule has 0 N–H and O–H groups in total. The third kappa shape index (κ3) is 1.01. The molecule has 0 unspecified atom stereocenters. The van der Waals surface area contributed by atoms with E-state index in [1.54, 1.807) is 0 Å². The maximum absolute atomic E-state index is 4.50. The molecule has 2 aliphatic rings. The lowest BCUT2D eigenvalue weighted by Crippen LogP contribution is -2.38. The van der Waals surface area contributed by atoms with Gasteiger partial charge in [0, 0.05) is 11.4 Å². The van der Waals surface area contributed by atoms with Crippen LogP contribution in [0.15, 0.2) is 53.7 Å². The lowest BCUT2D eigenvalue weighted by Gasteiger charge is -2.24. The summed E-state index contributed by atoms with van der Waals surface area (Å²) in [6.07, 6.45) is 8.29. The standard InChI is InChI=1S/C12H10N2/c1-2-6-11-10(5-1)12-7-3-4-8-14(12)9-13-11/h1-8H,9H2. The summed E-state index contributed by atoms with van der Waals surface area (Å²) in [6, 6.07) is 8.26. The lowest BCUT2D eigenvalue weighted by molar-refractivity contribution is 0.527. The topological polar surface area (TPSA) is 15.6 Å². The molecule has 0 saturated heterocycles. The van der Waals surface area contributed by atoms with Crippen molar-refractivity contribution in [2.24, 2.45) is 4.99 Å². The van der Waals surface area contributed by atoms with Crippen molar-refractivity contribution in [2.45, 2.75) is 0 Å². The third-order valence-corrected chi connectivity index (χ3v) is 2.51. The van der Waals surface area contributed by atoms with E-state index in [0.717, 1.165) is 12.0 Å². The summed E-state index contributed by atoms with van der Waals surface area (Å²) in [7, 11) is 0. The average Bonchev–Trinajstić information content (AvgIpc) is 2.29. The molecule has 0 saturated carbocycles. The molecule has 0 bridgehead atoms. The van der Waals surface area contributed by atoms with E-state index in [9.17, 15) is 0 Å². The van der Waals surface area contributed by atoms with Crippen LogP contribution in [0.1, 0.15) is 0 Å². The van der Waals surface area contributed by atoms with Crippen LogP contribution in [-0.4, -0.2) is 11.6 Å². The second-order valence-corrected chi connectivity index (χ2v) is 3.37. The molecule has 2 nitrogen and oxygen atoms in total. The molecule has 2 aliphatic heterocycles. The molecule has 3 rings (SSSR count). The van der Waals surface area contributed by atoms with E-state index in [2.05, 4.69) is 46.4 Å². The Bertz CT molecular complexity index is 538. The van der Waals surface area contributed by atoms with Crippen LogP contribution in [-0.2, 0) is 0 Å². The fraction of sp³-hybridized carbons (Fsp3) is 0.0833. The predicted molar refractivity (Wildman–Crippen MR) is 55.6 cm³/mol. The molecule has 68 valence electrons. The van der Waals surface area contributed by atoms with Gasteiger partial charge in [-0.25, -0.2) is 0 Å². The normalized spacial score (nSPS) is 17.4. The molecule has 0 aliphatic carbocycles. The Balaban J connectivity index is 2.40. The van der Waals surface area contributed by atoms with E-state index in [-0.39, 0.29) is 0 Å². The third-order valence-electron chi connectivity index (χ3n) is 2.51. The molecule has 0 atom stereocenters. The maximum Gasteiger partial charge on any atom is 0.115 e. The Hall–Kier alpha value is -1.83. The maximum atomic E-state index is 4.50. The predicted octanol–water partition coefficient (Wildman–Crippen LogP) is 0.771. The smallest absolute Gasteiger partial charge is 0.115 e. The summed E-state index contributed by atoms with van der Waals surface area (Å²) < 4.78 is 0. The molecule has 2 heteroatoms. The molecular formula is C12H10N2. The fourth-order valence-corrected chi connectivity index (χ4v) is 1.82. The van der Waals surface area contributed by atoms with Gasteiger partial charge in [0.1, 0.15) is 6.67 Å². The van der Waals surface area contributed by atoms with Gasteiger partial charge in [0.15, 0.2) is 0 Å². The van der Waals surface area contributed by atoms with E-state index < -0.39 is 0 Å². The lowest BCUT2D eigenvalue weighted by atomic mass is 10.1. The number of para-hydroxylation sites is 1. The number of benzene rings is 1. The molecule has 0 aromatic heterocycles. The Labute approximate surface area is 82.2 Å². The molecule has 0 fully saturated rings. The first-order chi connectivity index (χ1) is 6.95. The van der Waals surface area contributed by atoms with Gasteiger partial charge < -0.3 is 4.90 Å². The van der Waals surface area contributed by atoms with E-state index in [1.807, 2.05) is 12.1 Å². The van der Waals surface area contributed by atoms with E-state index in [1.165, 1.54) is 10.9 Å². The van der Waals surface area contributed by atoms with Crippen molar-refractivity contribution >= 4 is 5.70 Å². The zero-order chi connectivity index (χ0) is 9.38. The van der Waals surface area contributed by atoms with Crippen molar-refractivity contribution in [1.29, 1.82) is 0 Å². The van der Waals surface area contributed by atoms with E-state index >= 15 is 0 Å². The monoisotopic (exact) mass is 182 g/mol. The second kappa shape index (κ2) is 2.84. The van der Waals surface area contributed by atoms with Crippen LogP contribution < -0.4 is 10.6 Å². The van der Waals surface area contributed by atoms with Gasteiger partial charge in [-0.3, -0.25) is 4.99 Å². The van der Waals surface area contributed by atoms with Gasteiger partial charge in [-0.2, -0.15) is 0 Å². The van der Waals surface area contributed by atoms with Gasteiger partial charge in [-0.15, -0.1) is 0 Å². The first-order valence-corrected chi connectivity index (χ1v) is 4.70. The molecule has 14 heavy (non-hydrogen) atoms. The number of nitrogens with zero attached hydrogens (tertiary/aromatic N) is 2. The minimum atomic E-state index is 0.729. The molecule has 0 radical (unpaired) electrons. The van der Waals surface area contributed by atoms with Crippen molar-refractivity contribution in [1.82, 2.24) is 4.90 Å². The first-order valence-electron chi connectivity index (χ1n) is 4.70. The van der Waals surface area contributed by atoms with Gasteiger partial charge in [0.05, 0.1) is 11.1 Å². The molecule has 1 aromatic rings. The van der Waals surface area contributed by atoms with Gasteiger partial charge in [0.2, 0.25) is 0 Å². The van der Waals surface area contributed by atoms with Crippen molar-refractivity contribution in [3.63, 3.8) is 0 Å². The number of allylic oxidation sites excluding steroid dienone is 2. The minimum absolute atomic E-state index is 0.729. The summed E-state index contributed by atoms with van der Waals surface area (Å²) in [6.45, 7) is 0.729. The fourth-order valence-electron chi connectivity index (χ4n) is 1.82. The van der Waals surface area contributed by atoms with Crippen LogP contribution in [0.5, 0.6) is 0 Å². The highest BCUT2D eigenvalue weighted by Gasteiger charge is 2.10.